The van der Waals surface area contributed by atoms with Gasteiger partial charge in [0.15, 0.2) is 5.69 Å². The molecular formula is C20H22N4O3. The molecule has 1 saturated heterocycles. The molecule has 0 N–H and O–H groups in total. The molecule has 0 bridgehead atoms. The lowest BCUT2D eigenvalue weighted by atomic mass is 9.97. The lowest BCUT2D eigenvalue weighted by molar-refractivity contribution is 0.0685. The average molecular weight is 366 g/mol. The van der Waals surface area contributed by atoms with Gasteiger partial charge in [0.05, 0.1) is 5.92 Å². The van der Waals surface area contributed by atoms with Crippen molar-refractivity contribution in [2.24, 2.45) is 0 Å². The summed E-state index contributed by atoms with van der Waals surface area (Å²) in [4.78, 5) is 19.1. The van der Waals surface area contributed by atoms with Gasteiger partial charge in [0, 0.05) is 30.6 Å². The molecule has 1 aromatic carbocycles. The number of likely N-dealkylation sites (tertiary alicyclic amines) is 1. The zero-order valence-corrected chi connectivity index (χ0v) is 15.5. The fraction of sp³-hybridized carbons (Fsp3) is 0.400. The second kappa shape index (κ2) is 7.34. The van der Waals surface area contributed by atoms with Gasteiger partial charge >= 0.3 is 0 Å². The Morgan fingerprint density at radius 3 is 2.74 bits per heavy atom. The van der Waals surface area contributed by atoms with Gasteiger partial charge in [-0.2, -0.15) is 4.98 Å². The Labute approximate surface area is 157 Å². The summed E-state index contributed by atoms with van der Waals surface area (Å²) in [5, 5.41) is 8.03. The summed E-state index contributed by atoms with van der Waals surface area (Å²) in [6.45, 7) is 5.25. The largest absolute Gasteiger partial charge is 0.360 e. The smallest absolute Gasteiger partial charge is 0.276 e. The van der Waals surface area contributed by atoms with Crippen LogP contribution in [0.1, 0.15) is 60.7 Å². The number of hydrogen-bond donors (Lipinski definition) is 0. The third-order valence-electron chi connectivity index (χ3n) is 4.85. The molecule has 0 saturated carbocycles. The fourth-order valence-electron chi connectivity index (χ4n) is 3.29. The van der Waals surface area contributed by atoms with Crippen molar-refractivity contribution in [2.45, 2.75) is 38.5 Å². The Morgan fingerprint density at radius 1 is 1.19 bits per heavy atom. The topological polar surface area (TPSA) is 85.3 Å². The third-order valence-corrected chi connectivity index (χ3v) is 4.85. The molecule has 27 heavy (non-hydrogen) atoms. The molecule has 3 aromatic rings. The summed E-state index contributed by atoms with van der Waals surface area (Å²) >= 11 is 0. The number of hydrogen-bond acceptors (Lipinski definition) is 6. The number of piperidine rings is 1. The first-order chi connectivity index (χ1) is 13.1. The van der Waals surface area contributed by atoms with E-state index in [-0.39, 0.29) is 17.7 Å². The van der Waals surface area contributed by atoms with Crippen LogP contribution in [0.25, 0.3) is 11.4 Å². The molecule has 0 spiro atoms. The molecule has 3 heterocycles. The summed E-state index contributed by atoms with van der Waals surface area (Å²) in [5.74, 6) is 1.99. The van der Waals surface area contributed by atoms with E-state index in [0.717, 1.165) is 24.2 Å². The molecule has 7 nitrogen and oxygen atoms in total. The molecule has 1 atom stereocenters. The average Bonchev–Trinajstić information content (AvgIpc) is 3.38. The fourth-order valence-corrected chi connectivity index (χ4v) is 3.29. The van der Waals surface area contributed by atoms with Crippen molar-refractivity contribution in [2.75, 3.05) is 13.1 Å². The molecule has 1 fully saturated rings. The number of benzene rings is 1. The highest BCUT2D eigenvalue weighted by Gasteiger charge is 2.30. The zero-order chi connectivity index (χ0) is 18.8. The van der Waals surface area contributed by atoms with Gasteiger partial charge in [0.25, 0.3) is 5.91 Å². The molecule has 4 rings (SSSR count). The number of carbonyl (C=O) groups is 1. The monoisotopic (exact) mass is 366 g/mol. The Kier molecular flexibility index (Phi) is 4.75. The van der Waals surface area contributed by atoms with Crippen molar-refractivity contribution in [3.8, 4) is 11.4 Å². The van der Waals surface area contributed by atoms with E-state index in [2.05, 4.69) is 15.3 Å². The van der Waals surface area contributed by atoms with Crippen LogP contribution in [-0.4, -0.2) is 39.2 Å². The van der Waals surface area contributed by atoms with E-state index in [1.165, 1.54) is 0 Å². The van der Waals surface area contributed by atoms with E-state index in [1.807, 2.05) is 44.2 Å². The molecular weight excluding hydrogens is 344 g/mol. The van der Waals surface area contributed by atoms with Crippen LogP contribution in [0.4, 0.5) is 0 Å². The molecule has 1 amide bonds. The second-order valence-corrected chi connectivity index (χ2v) is 7.18. The summed E-state index contributed by atoms with van der Waals surface area (Å²) in [7, 11) is 0. The van der Waals surface area contributed by atoms with Gasteiger partial charge in [0.2, 0.25) is 11.7 Å². The van der Waals surface area contributed by atoms with E-state index in [4.69, 9.17) is 9.05 Å². The van der Waals surface area contributed by atoms with Crippen molar-refractivity contribution in [3.63, 3.8) is 0 Å². The van der Waals surface area contributed by atoms with Gasteiger partial charge in [-0.25, -0.2) is 0 Å². The van der Waals surface area contributed by atoms with Crippen molar-refractivity contribution < 1.29 is 13.8 Å². The van der Waals surface area contributed by atoms with Crippen LogP contribution in [0.3, 0.4) is 0 Å². The Hall–Kier alpha value is -2.96. The van der Waals surface area contributed by atoms with Crippen LogP contribution in [0.15, 0.2) is 45.4 Å². The molecule has 1 aliphatic heterocycles. The Morgan fingerprint density at radius 2 is 2.00 bits per heavy atom. The van der Waals surface area contributed by atoms with Crippen LogP contribution >= 0.6 is 0 Å². The first-order valence-electron chi connectivity index (χ1n) is 9.26. The second-order valence-electron chi connectivity index (χ2n) is 7.18. The van der Waals surface area contributed by atoms with Crippen molar-refractivity contribution >= 4 is 5.91 Å². The number of nitrogens with zero attached hydrogens (tertiary/aromatic N) is 4. The minimum absolute atomic E-state index is 0.0316. The minimum Gasteiger partial charge on any atom is -0.360 e. The highest BCUT2D eigenvalue weighted by molar-refractivity contribution is 5.92. The van der Waals surface area contributed by atoms with Crippen molar-refractivity contribution in [3.05, 3.63) is 53.7 Å². The van der Waals surface area contributed by atoms with Gasteiger partial charge in [-0.3, -0.25) is 4.79 Å². The van der Waals surface area contributed by atoms with Crippen LogP contribution in [0.2, 0.25) is 0 Å². The maximum atomic E-state index is 12.8. The predicted molar refractivity (Wildman–Crippen MR) is 98.2 cm³/mol. The molecule has 0 unspecified atom stereocenters. The van der Waals surface area contributed by atoms with Gasteiger partial charge in [-0.15, -0.1) is 0 Å². The van der Waals surface area contributed by atoms with E-state index < -0.39 is 0 Å². The Bertz CT molecular complexity index is 916. The maximum absolute atomic E-state index is 12.8. The van der Waals surface area contributed by atoms with E-state index >= 15 is 0 Å². The van der Waals surface area contributed by atoms with E-state index in [0.29, 0.717) is 30.5 Å². The highest BCUT2D eigenvalue weighted by atomic mass is 16.5. The quantitative estimate of drug-likeness (QED) is 0.697. The molecule has 0 radical (unpaired) electrons. The number of amides is 1. The predicted octanol–water partition coefficient (Wildman–Crippen LogP) is 3.87. The van der Waals surface area contributed by atoms with Crippen LogP contribution in [-0.2, 0) is 0 Å². The van der Waals surface area contributed by atoms with Gasteiger partial charge in [0.1, 0.15) is 5.76 Å². The summed E-state index contributed by atoms with van der Waals surface area (Å²) in [6, 6.07) is 11.5. The number of rotatable bonds is 4. The van der Waals surface area contributed by atoms with Gasteiger partial charge in [-0.05, 0) is 12.8 Å². The van der Waals surface area contributed by atoms with Crippen molar-refractivity contribution in [1.29, 1.82) is 0 Å². The normalized spacial score (nSPS) is 17.4. The highest BCUT2D eigenvalue weighted by Crippen LogP contribution is 2.28. The SMILES string of the molecule is CC(C)c1cc(C(=O)N2CCC[C@H](c3nc(-c4ccccc4)no3)C2)no1. The number of carbonyl (C=O) groups excluding carboxylic acids is 1. The van der Waals surface area contributed by atoms with E-state index in [9.17, 15) is 4.79 Å². The van der Waals surface area contributed by atoms with Crippen LogP contribution in [0, 0.1) is 0 Å². The third kappa shape index (κ3) is 3.63. The van der Waals surface area contributed by atoms with Gasteiger partial charge < -0.3 is 13.9 Å². The van der Waals surface area contributed by atoms with Crippen LogP contribution in [0.5, 0.6) is 0 Å². The van der Waals surface area contributed by atoms with Crippen molar-refractivity contribution in [1.82, 2.24) is 20.2 Å². The standard InChI is InChI=1S/C20H22N4O3/c1-13(2)17-11-16(22-26-17)20(25)24-10-6-9-15(12-24)19-21-18(23-27-19)14-7-4-3-5-8-14/h3-5,7-8,11,13,15H,6,9-10,12H2,1-2H3/t15-/m0/s1. The minimum atomic E-state index is -0.113. The molecule has 1 aliphatic rings. The molecule has 7 heteroatoms. The first kappa shape index (κ1) is 17.5. The lowest BCUT2D eigenvalue weighted by Crippen LogP contribution is -2.39. The zero-order valence-electron chi connectivity index (χ0n) is 15.5. The Balaban J connectivity index is 1.48. The molecule has 2 aromatic heterocycles. The van der Waals surface area contributed by atoms with Gasteiger partial charge in [-0.1, -0.05) is 54.5 Å². The molecule has 140 valence electrons. The van der Waals surface area contributed by atoms with Crippen LogP contribution < -0.4 is 0 Å². The maximum Gasteiger partial charge on any atom is 0.276 e. The summed E-state index contributed by atoms with van der Waals surface area (Å²) < 4.78 is 10.8. The van der Waals surface area contributed by atoms with E-state index in [1.54, 1.807) is 11.0 Å². The summed E-state index contributed by atoms with van der Waals surface area (Å²) in [5.41, 5.74) is 1.27. The molecule has 0 aliphatic carbocycles. The summed E-state index contributed by atoms with van der Waals surface area (Å²) in [6.07, 6.45) is 1.80. The first-order valence-corrected chi connectivity index (χ1v) is 9.26. The number of aromatic nitrogens is 3. The lowest BCUT2D eigenvalue weighted by Gasteiger charge is -2.30.